The van der Waals surface area contributed by atoms with Crippen LogP contribution in [0.5, 0.6) is 0 Å². The molecule has 2 aromatic rings. The van der Waals surface area contributed by atoms with E-state index in [2.05, 4.69) is 5.32 Å². The van der Waals surface area contributed by atoms with Crippen molar-refractivity contribution in [3.05, 3.63) is 46.1 Å². The molecule has 0 bridgehead atoms. The predicted molar refractivity (Wildman–Crippen MR) is 74.2 cm³/mol. The third-order valence-corrected chi connectivity index (χ3v) is 2.96. The zero-order valence-electron chi connectivity index (χ0n) is 10.3. The Kier molecular flexibility index (Phi) is 3.62. The highest BCUT2D eigenvalue weighted by Gasteiger charge is 2.07. The van der Waals surface area contributed by atoms with Gasteiger partial charge in [-0.05, 0) is 18.2 Å². The van der Waals surface area contributed by atoms with Crippen molar-refractivity contribution < 1.29 is 4.79 Å². The van der Waals surface area contributed by atoms with E-state index in [9.17, 15) is 9.59 Å². The Hall–Kier alpha value is -2.21. The molecular weight excluding hydrogens is 268 g/mol. The van der Waals surface area contributed by atoms with Gasteiger partial charge >= 0.3 is 5.69 Å². The zero-order valence-corrected chi connectivity index (χ0v) is 11.0. The number of nitrogens with zero attached hydrogens (tertiary/aromatic N) is 2. The van der Waals surface area contributed by atoms with Crippen molar-refractivity contribution in [3.63, 3.8) is 0 Å². The zero-order chi connectivity index (χ0) is 14.0. The van der Waals surface area contributed by atoms with Crippen molar-refractivity contribution in [3.8, 4) is 0 Å². The summed E-state index contributed by atoms with van der Waals surface area (Å²) in [5.41, 5.74) is 6.31. The van der Waals surface area contributed by atoms with Crippen LogP contribution in [0, 0.1) is 0 Å². The van der Waals surface area contributed by atoms with Gasteiger partial charge < -0.3 is 15.6 Å². The SMILES string of the molecule is Cn1ccn(CC(=O)Nc2ccc(Cl)c(N)c2)c1=O. The molecule has 0 saturated carbocycles. The molecule has 0 fully saturated rings. The minimum absolute atomic E-state index is 0.0534. The maximum Gasteiger partial charge on any atom is 0.328 e. The molecule has 0 atom stereocenters. The number of rotatable bonds is 3. The molecule has 7 heteroatoms. The van der Waals surface area contributed by atoms with Gasteiger partial charge in [-0.2, -0.15) is 0 Å². The number of nitrogen functional groups attached to an aromatic ring is 1. The van der Waals surface area contributed by atoms with E-state index in [0.29, 0.717) is 16.4 Å². The van der Waals surface area contributed by atoms with Gasteiger partial charge in [-0.1, -0.05) is 11.6 Å². The highest BCUT2D eigenvalue weighted by molar-refractivity contribution is 6.33. The van der Waals surface area contributed by atoms with Gasteiger partial charge in [-0.15, -0.1) is 0 Å². The van der Waals surface area contributed by atoms with Crippen molar-refractivity contribution in [2.75, 3.05) is 11.1 Å². The first-order valence-electron chi connectivity index (χ1n) is 5.54. The van der Waals surface area contributed by atoms with Crippen LogP contribution in [0.25, 0.3) is 0 Å². The van der Waals surface area contributed by atoms with E-state index in [1.54, 1.807) is 37.6 Å². The summed E-state index contributed by atoms with van der Waals surface area (Å²) in [6.45, 7) is -0.0534. The summed E-state index contributed by atoms with van der Waals surface area (Å²) >= 11 is 5.78. The molecule has 3 N–H and O–H groups in total. The standard InChI is InChI=1S/C12H13ClN4O2/c1-16-4-5-17(12(16)19)7-11(18)15-8-2-3-9(13)10(14)6-8/h2-6H,7,14H2,1H3,(H,15,18). The molecule has 0 unspecified atom stereocenters. The van der Waals surface area contributed by atoms with Gasteiger partial charge in [-0.25, -0.2) is 4.79 Å². The number of aryl methyl sites for hydroxylation is 1. The second kappa shape index (κ2) is 5.19. The monoisotopic (exact) mass is 280 g/mol. The summed E-state index contributed by atoms with van der Waals surface area (Å²) < 4.78 is 2.71. The molecule has 2 rings (SSSR count). The summed E-state index contributed by atoms with van der Waals surface area (Å²) in [6.07, 6.45) is 3.15. The van der Waals surface area contributed by atoms with E-state index >= 15 is 0 Å². The lowest BCUT2D eigenvalue weighted by Gasteiger charge is -2.07. The third-order valence-electron chi connectivity index (χ3n) is 2.61. The second-order valence-corrected chi connectivity index (χ2v) is 4.51. The van der Waals surface area contributed by atoms with Gasteiger partial charge in [0.2, 0.25) is 5.91 Å². The van der Waals surface area contributed by atoms with Gasteiger partial charge in [0, 0.05) is 25.1 Å². The molecular formula is C12H13ClN4O2. The van der Waals surface area contributed by atoms with Crippen LogP contribution in [0.2, 0.25) is 5.02 Å². The fourth-order valence-corrected chi connectivity index (χ4v) is 1.73. The molecule has 0 radical (unpaired) electrons. The topological polar surface area (TPSA) is 82.1 Å². The lowest BCUT2D eigenvalue weighted by molar-refractivity contribution is -0.116. The molecule has 100 valence electrons. The van der Waals surface area contributed by atoms with Crippen LogP contribution in [0.4, 0.5) is 11.4 Å². The Bertz CT molecular complexity index is 675. The predicted octanol–water partition coefficient (Wildman–Crippen LogP) is 1.06. The number of halogens is 1. The number of aromatic nitrogens is 2. The van der Waals surface area contributed by atoms with Crippen LogP contribution in [0.15, 0.2) is 35.4 Å². The van der Waals surface area contributed by atoms with Crippen LogP contribution in [-0.4, -0.2) is 15.0 Å². The van der Waals surface area contributed by atoms with E-state index in [0.717, 1.165) is 0 Å². The summed E-state index contributed by atoms with van der Waals surface area (Å²) in [6, 6.07) is 4.81. The minimum Gasteiger partial charge on any atom is -0.397 e. The van der Waals surface area contributed by atoms with Crippen molar-refractivity contribution in [1.82, 2.24) is 9.13 Å². The summed E-state index contributed by atoms with van der Waals surface area (Å²) in [5, 5.41) is 3.08. The van der Waals surface area contributed by atoms with Gasteiger partial charge in [0.1, 0.15) is 6.54 Å². The van der Waals surface area contributed by atoms with Gasteiger partial charge in [-0.3, -0.25) is 9.36 Å². The largest absolute Gasteiger partial charge is 0.397 e. The molecule has 1 aromatic heterocycles. The fourth-order valence-electron chi connectivity index (χ4n) is 1.61. The van der Waals surface area contributed by atoms with Crippen LogP contribution in [0.3, 0.4) is 0 Å². The summed E-state index contributed by atoms with van der Waals surface area (Å²) in [5.74, 6) is -0.310. The van der Waals surface area contributed by atoms with Crippen molar-refractivity contribution in [1.29, 1.82) is 0 Å². The minimum atomic E-state index is -0.310. The van der Waals surface area contributed by atoms with Crippen molar-refractivity contribution in [2.24, 2.45) is 7.05 Å². The Morgan fingerprint density at radius 2 is 2.16 bits per heavy atom. The van der Waals surface area contributed by atoms with E-state index in [-0.39, 0.29) is 18.1 Å². The lowest BCUT2D eigenvalue weighted by Crippen LogP contribution is -2.28. The van der Waals surface area contributed by atoms with Crippen LogP contribution < -0.4 is 16.7 Å². The Balaban J connectivity index is 2.07. The molecule has 0 spiro atoms. The third kappa shape index (κ3) is 2.97. The number of amides is 1. The molecule has 0 aliphatic rings. The average molecular weight is 281 g/mol. The molecule has 1 aromatic carbocycles. The molecule has 6 nitrogen and oxygen atoms in total. The molecule has 1 amide bonds. The smallest absolute Gasteiger partial charge is 0.328 e. The van der Waals surface area contributed by atoms with E-state index in [1.807, 2.05) is 0 Å². The first-order valence-corrected chi connectivity index (χ1v) is 5.92. The number of nitrogens with two attached hydrogens (primary N) is 1. The second-order valence-electron chi connectivity index (χ2n) is 4.10. The summed E-state index contributed by atoms with van der Waals surface area (Å²) in [4.78, 5) is 23.3. The molecule has 1 heterocycles. The lowest BCUT2D eigenvalue weighted by atomic mass is 10.3. The van der Waals surface area contributed by atoms with Gasteiger partial charge in [0.15, 0.2) is 0 Å². The Morgan fingerprint density at radius 3 is 2.74 bits per heavy atom. The number of hydrogen-bond acceptors (Lipinski definition) is 3. The number of nitrogens with one attached hydrogen (secondary N) is 1. The van der Waals surface area contributed by atoms with E-state index in [1.165, 1.54) is 9.13 Å². The molecule has 0 aliphatic heterocycles. The fraction of sp³-hybridized carbons (Fsp3) is 0.167. The first-order chi connectivity index (χ1) is 8.97. The van der Waals surface area contributed by atoms with Gasteiger partial charge in [0.05, 0.1) is 10.7 Å². The van der Waals surface area contributed by atoms with Crippen LogP contribution >= 0.6 is 11.6 Å². The molecule has 0 saturated heterocycles. The number of imidazole rings is 1. The van der Waals surface area contributed by atoms with Crippen molar-refractivity contribution >= 4 is 28.9 Å². The average Bonchev–Trinajstić information content (AvgIpc) is 2.66. The maximum absolute atomic E-state index is 11.8. The summed E-state index contributed by atoms with van der Waals surface area (Å²) in [7, 11) is 1.62. The van der Waals surface area contributed by atoms with Crippen molar-refractivity contribution in [2.45, 2.75) is 6.54 Å². The van der Waals surface area contributed by atoms with Crippen LogP contribution in [-0.2, 0) is 18.4 Å². The van der Waals surface area contributed by atoms with Gasteiger partial charge in [0.25, 0.3) is 0 Å². The van der Waals surface area contributed by atoms with E-state index in [4.69, 9.17) is 17.3 Å². The highest BCUT2D eigenvalue weighted by atomic mass is 35.5. The van der Waals surface area contributed by atoms with Crippen LogP contribution in [0.1, 0.15) is 0 Å². The number of carbonyl (C=O) groups excluding carboxylic acids is 1. The number of anilines is 2. The molecule has 0 aliphatic carbocycles. The highest BCUT2D eigenvalue weighted by Crippen LogP contribution is 2.22. The Morgan fingerprint density at radius 1 is 1.42 bits per heavy atom. The first kappa shape index (κ1) is 13.2. The number of hydrogen-bond donors (Lipinski definition) is 2. The molecule has 19 heavy (non-hydrogen) atoms. The Labute approximate surface area is 114 Å². The maximum atomic E-state index is 11.8. The quantitative estimate of drug-likeness (QED) is 0.825. The number of carbonyl (C=O) groups is 1. The normalized spacial score (nSPS) is 10.4. The number of benzene rings is 1. The van der Waals surface area contributed by atoms with E-state index < -0.39 is 0 Å².